The van der Waals surface area contributed by atoms with E-state index in [0.29, 0.717) is 12.6 Å². The fourth-order valence-corrected chi connectivity index (χ4v) is 1.27. The van der Waals surface area contributed by atoms with Gasteiger partial charge in [-0.2, -0.15) is 15.0 Å². The number of aliphatic hydroxyl groups excluding tert-OH is 1. The average Bonchev–Trinajstić information content (AvgIpc) is 2.43. The molecule has 1 unspecified atom stereocenters. The second kappa shape index (κ2) is 7.81. The van der Waals surface area contributed by atoms with Gasteiger partial charge in [0.25, 0.3) is 0 Å². The summed E-state index contributed by atoms with van der Waals surface area (Å²) in [6.07, 6.45) is 0.942. The number of anilines is 2. The molecule has 0 amide bonds. The quantitative estimate of drug-likeness (QED) is 0.510. The van der Waals surface area contributed by atoms with E-state index in [2.05, 4.69) is 25.6 Å². The van der Waals surface area contributed by atoms with Gasteiger partial charge >= 0.3 is 6.01 Å². The smallest absolute Gasteiger partial charge is 0.323 e. The first kappa shape index (κ1) is 16.4. The molecule has 0 saturated carbocycles. The lowest BCUT2D eigenvalue weighted by Crippen LogP contribution is -2.37. The number of hydrogen-bond donors (Lipinski definition) is 4. The second-order valence-electron chi connectivity index (χ2n) is 4.63. The van der Waals surface area contributed by atoms with Crippen LogP contribution in [0.2, 0.25) is 0 Å². The molecule has 8 nitrogen and oxygen atoms in total. The number of aromatic nitrogens is 3. The third-order valence-corrected chi connectivity index (χ3v) is 2.39. The van der Waals surface area contributed by atoms with E-state index in [1.807, 2.05) is 13.8 Å². The molecule has 20 heavy (non-hydrogen) atoms. The van der Waals surface area contributed by atoms with Crippen molar-refractivity contribution in [3.63, 3.8) is 0 Å². The first-order valence-corrected chi connectivity index (χ1v) is 6.70. The molecule has 1 aromatic rings. The van der Waals surface area contributed by atoms with E-state index in [-0.39, 0.29) is 25.1 Å². The summed E-state index contributed by atoms with van der Waals surface area (Å²) in [7, 11) is 0. The minimum Gasteiger partial charge on any atom is -0.464 e. The van der Waals surface area contributed by atoms with Crippen molar-refractivity contribution in [2.75, 3.05) is 36.9 Å². The lowest BCUT2D eigenvalue weighted by Gasteiger charge is -2.20. The van der Waals surface area contributed by atoms with Crippen molar-refractivity contribution >= 4 is 11.9 Å². The van der Waals surface area contributed by atoms with Crippen molar-refractivity contribution < 1.29 is 14.9 Å². The summed E-state index contributed by atoms with van der Waals surface area (Å²) in [4.78, 5) is 12.4. The summed E-state index contributed by atoms with van der Waals surface area (Å²) >= 11 is 0. The summed E-state index contributed by atoms with van der Waals surface area (Å²) in [5.74, 6) is 0.701. The van der Waals surface area contributed by atoms with E-state index >= 15 is 0 Å². The molecule has 114 valence electrons. The van der Waals surface area contributed by atoms with Gasteiger partial charge < -0.3 is 25.6 Å². The Morgan fingerprint density at radius 1 is 1.15 bits per heavy atom. The number of hydrogen-bond acceptors (Lipinski definition) is 8. The van der Waals surface area contributed by atoms with Crippen molar-refractivity contribution in [3.05, 3.63) is 0 Å². The van der Waals surface area contributed by atoms with Gasteiger partial charge in [0, 0.05) is 13.1 Å². The van der Waals surface area contributed by atoms with E-state index < -0.39 is 5.60 Å². The van der Waals surface area contributed by atoms with Crippen molar-refractivity contribution in [3.8, 4) is 6.01 Å². The second-order valence-corrected chi connectivity index (χ2v) is 4.63. The molecule has 1 rings (SSSR count). The summed E-state index contributed by atoms with van der Waals surface area (Å²) in [6.45, 7) is 6.34. The van der Waals surface area contributed by atoms with E-state index in [1.165, 1.54) is 6.92 Å². The molecule has 0 bridgehead atoms. The van der Waals surface area contributed by atoms with Gasteiger partial charge in [0.15, 0.2) is 0 Å². The highest BCUT2D eigenvalue weighted by atomic mass is 16.5. The summed E-state index contributed by atoms with van der Waals surface area (Å²) in [5.41, 5.74) is -1.24. The fourth-order valence-electron chi connectivity index (χ4n) is 1.27. The average molecular weight is 285 g/mol. The van der Waals surface area contributed by atoms with Crippen LogP contribution in [0, 0.1) is 0 Å². The van der Waals surface area contributed by atoms with Crippen LogP contribution in [0.3, 0.4) is 0 Å². The number of nitrogens with zero attached hydrogens (tertiary/aromatic N) is 3. The van der Waals surface area contributed by atoms with Gasteiger partial charge in [-0.3, -0.25) is 0 Å². The highest BCUT2D eigenvalue weighted by Gasteiger charge is 2.19. The Morgan fingerprint density at radius 2 is 1.80 bits per heavy atom. The largest absolute Gasteiger partial charge is 0.464 e. The minimum atomic E-state index is -1.24. The zero-order valence-electron chi connectivity index (χ0n) is 12.2. The van der Waals surface area contributed by atoms with Crippen molar-refractivity contribution in [1.82, 2.24) is 15.0 Å². The van der Waals surface area contributed by atoms with E-state index in [9.17, 15) is 5.11 Å². The maximum atomic E-state index is 9.74. The molecular formula is C12H23N5O3. The molecule has 0 radical (unpaired) electrons. The topological polar surface area (TPSA) is 112 Å². The maximum Gasteiger partial charge on any atom is 0.323 e. The van der Waals surface area contributed by atoms with Gasteiger partial charge in [-0.05, 0) is 20.3 Å². The van der Waals surface area contributed by atoms with Gasteiger partial charge in [0.1, 0.15) is 5.60 Å². The fraction of sp³-hybridized carbons (Fsp3) is 0.750. The van der Waals surface area contributed by atoms with Crippen LogP contribution < -0.4 is 15.4 Å². The van der Waals surface area contributed by atoms with E-state index in [1.54, 1.807) is 0 Å². The van der Waals surface area contributed by atoms with Crippen LogP contribution in [-0.2, 0) is 0 Å². The molecule has 0 fully saturated rings. The van der Waals surface area contributed by atoms with E-state index in [4.69, 9.17) is 9.84 Å². The van der Waals surface area contributed by atoms with Crippen LogP contribution in [0.25, 0.3) is 0 Å². The van der Waals surface area contributed by atoms with Gasteiger partial charge in [0.05, 0.1) is 13.2 Å². The van der Waals surface area contributed by atoms with Crippen LogP contribution in [0.15, 0.2) is 0 Å². The molecule has 8 heteroatoms. The number of nitrogens with one attached hydrogen (secondary N) is 2. The van der Waals surface area contributed by atoms with E-state index in [0.717, 1.165) is 13.0 Å². The molecule has 0 spiro atoms. The molecule has 1 atom stereocenters. The molecule has 1 aromatic heterocycles. The zero-order chi connectivity index (χ0) is 15.0. The lowest BCUT2D eigenvalue weighted by molar-refractivity contribution is 0.0131. The van der Waals surface area contributed by atoms with Gasteiger partial charge in [-0.15, -0.1) is 0 Å². The summed E-state index contributed by atoms with van der Waals surface area (Å²) < 4.78 is 5.27. The highest BCUT2D eigenvalue weighted by Crippen LogP contribution is 2.12. The van der Waals surface area contributed by atoms with Crippen molar-refractivity contribution in [2.24, 2.45) is 0 Å². The van der Waals surface area contributed by atoms with Gasteiger partial charge in [-0.25, -0.2) is 0 Å². The minimum absolute atomic E-state index is 0.117. The monoisotopic (exact) mass is 285 g/mol. The Hall–Kier alpha value is -1.67. The lowest BCUT2D eigenvalue weighted by atomic mass is 10.1. The number of ether oxygens (including phenoxy) is 1. The molecule has 0 saturated heterocycles. The maximum absolute atomic E-state index is 9.74. The van der Waals surface area contributed by atoms with Gasteiger partial charge in [0.2, 0.25) is 11.9 Å². The van der Waals surface area contributed by atoms with Gasteiger partial charge in [-0.1, -0.05) is 6.92 Å². The predicted octanol–water partition coefficient (Wildman–Crippen LogP) is 0.247. The summed E-state index contributed by atoms with van der Waals surface area (Å²) in [6, 6.07) is 0.215. The number of aliphatic hydroxyl groups is 2. The van der Waals surface area contributed by atoms with Crippen molar-refractivity contribution in [2.45, 2.75) is 32.8 Å². The Labute approximate surface area is 118 Å². The molecule has 0 aliphatic heterocycles. The van der Waals surface area contributed by atoms with Crippen LogP contribution >= 0.6 is 0 Å². The Bertz CT molecular complexity index is 414. The molecule has 4 N–H and O–H groups in total. The van der Waals surface area contributed by atoms with Crippen LogP contribution in [-0.4, -0.2) is 57.1 Å². The standard InChI is InChI=1S/C12H23N5O3/c1-4-6-13-9-15-10(14-7-12(3,19)8-18)17-11(16-9)20-5-2/h18-19H,4-8H2,1-3H3,(H2,13,14,15,16,17). The van der Waals surface area contributed by atoms with Crippen LogP contribution in [0.1, 0.15) is 27.2 Å². The Kier molecular flexibility index (Phi) is 6.40. The van der Waals surface area contributed by atoms with Crippen LogP contribution in [0.5, 0.6) is 6.01 Å². The highest BCUT2D eigenvalue weighted by molar-refractivity contribution is 5.36. The number of rotatable bonds is 9. The molecule has 0 aromatic carbocycles. The molecule has 1 heterocycles. The third-order valence-electron chi connectivity index (χ3n) is 2.39. The first-order chi connectivity index (χ1) is 9.50. The molecular weight excluding hydrogens is 262 g/mol. The van der Waals surface area contributed by atoms with Crippen molar-refractivity contribution in [1.29, 1.82) is 0 Å². The Morgan fingerprint density at radius 3 is 2.35 bits per heavy atom. The summed E-state index contributed by atoms with van der Waals surface area (Å²) in [5, 5.41) is 24.6. The first-order valence-electron chi connectivity index (χ1n) is 6.70. The zero-order valence-corrected chi connectivity index (χ0v) is 12.2. The normalized spacial score (nSPS) is 13.7. The SMILES string of the molecule is CCCNc1nc(NCC(C)(O)CO)nc(OCC)n1. The molecule has 0 aliphatic rings. The van der Waals surface area contributed by atoms with Crippen LogP contribution in [0.4, 0.5) is 11.9 Å². The third kappa shape index (κ3) is 5.54. The predicted molar refractivity (Wildman–Crippen MR) is 76.0 cm³/mol. The molecule has 0 aliphatic carbocycles. The Balaban J connectivity index is 2.79.